The van der Waals surface area contributed by atoms with Crippen LogP contribution in [0.1, 0.15) is 34.1 Å². The van der Waals surface area contributed by atoms with Gasteiger partial charge in [-0.05, 0) is 42.2 Å². The van der Waals surface area contributed by atoms with Gasteiger partial charge < -0.3 is 10.5 Å². The van der Waals surface area contributed by atoms with E-state index in [9.17, 15) is 10.0 Å². The van der Waals surface area contributed by atoms with Gasteiger partial charge in [0.2, 0.25) is 0 Å². The summed E-state index contributed by atoms with van der Waals surface area (Å²) in [5.74, 6) is -0.353. The van der Waals surface area contributed by atoms with E-state index < -0.39 is 0 Å². The lowest BCUT2D eigenvalue weighted by molar-refractivity contribution is -0.607. The molecule has 0 bridgehead atoms. The SMILES string of the molecule is O=C(N[C@H]1CCc2cc(Cl)ccc21)c1cccc[n+]1[O-]. The van der Waals surface area contributed by atoms with E-state index in [4.69, 9.17) is 11.6 Å². The molecule has 1 aliphatic carbocycles. The van der Waals surface area contributed by atoms with E-state index in [2.05, 4.69) is 5.32 Å². The van der Waals surface area contributed by atoms with Crippen LogP contribution in [0.2, 0.25) is 5.02 Å². The van der Waals surface area contributed by atoms with Crippen molar-refractivity contribution >= 4 is 17.5 Å². The van der Waals surface area contributed by atoms with Crippen LogP contribution in [0.15, 0.2) is 42.6 Å². The van der Waals surface area contributed by atoms with Crippen molar-refractivity contribution in [3.05, 3.63) is 69.6 Å². The van der Waals surface area contributed by atoms with Crippen LogP contribution in [0.25, 0.3) is 0 Å². The highest BCUT2D eigenvalue weighted by Gasteiger charge is 2.26. The Labute approximate surface area is 121 Å². The molecule has 0 saturated carbocycles. The number of nitrogens with one attached hydrogen (secondary N) is 1. The Morgan fingerprint density at radius 3 is 3.00 bits per heavy atom. The van der Waals surface area contributed by atoms with Crippen molar-refractivity contribution in [1.29, 1.82) is 0 Å². The van der Waals surface area contributed by atoms with Gasteiger partial charge in [-0.15, -0.1) is 0 Å². The molecule has 20 heavy (non-hydrogen) atoms. The molecule has 1 atom stereocenters. The van der Waals surface area contributed by atoms with Crippen molar-refractivity contribution < 1.29 is 9.52 Å². The molecular formula is C15H13ClN2O2. The van der Waals surface area contributed by atoms with Gasteiger partial charge in [0, 0.05) is 17.2 Å². The minimum Gasteiger partial charge on any atom is -0.618 e. The van der Waals surface area contributed by atoms with Gasteiger partial charge in [-0.1, -0.05) is 17.7 Å². The molecule has 1 aromatic heterocycles. The molecule has 1 N–H and O–H groups in total. The van der Waals surface area contributed by atoms with Crippen molar-refractivity contribution in [2.45, 2.75) is 18.9 Å². The summed E-state index contributed by atoms with van der Waals surface area (Å²) in [6.07, 6.45) is 3.03. The maximum absolute atomic E-state index is 12.1. The van der Waals surface area contributed by atoms with E-state index in [1.807, 2.05) is 18.2 Å². The number of nitrogens with zero attached hydrogens (tertiary/aromatic N) is 1. The van der Waals surface area contributed by atoms with Crippen LogP contribution >= 0.6 is 11.6 Å². The summed E-state index contributed by atoms with van der Waals surface area (Å²) in [5.41, 5.74) is 2.34. The molecular weight excluding hydrogens is 276 g/mol. The minimum atomic E-state index is -0.353. The molecule has 0 spiro atoms. The number of amides is 1. The smallest absolute Gasteiger partial charge is 0.317 e. The van der Waals surface area contributed by atoms with E-state index in [1.54, 1.807) is 12.1 Å². The van der Waals surface area contributed by atoms with Crippen LogP contribution in [-0.4, -0.2) is 5.91 Å². The van der Waals surface area contributed by atoms with E-state index in [0.29, 0.717) is 9.75 Å². The number of carbonyl (C=O) groups is 1. The van der Waals surface area contributed by atoms with Crippen molar-refractivity contribution in [2.75, 3.05) is 0 Å². The first kappa shape index (κ1) is 12.9. The average Bonchev–Trinajstić information content (AvgIpc) is 2.81. The van der Waals surface area contributed by atoms with Crippen LogP contribution in [0.3, 0.4) is 0 Å². The van der Waals surface area contributed by atoms with Crippen molar-refractivity contribution in [3.8, 4) is 0 Å². The summed E-state index contributed by atoms with van der Waals surface area (Å²) < 4.78 is 0.576. The maximum Gasteiger partial charge on any atom is 0.317 e. The predicted octanol–water partition coefficient (Wildman–Crippen LogP) is 2.39. The monoisotopic (exact) mass is 288 g/mol. The van der Waals surface area contributed by atoms with Gasteiger partial charge in [-0.25, -0.2) is 0 Å². The normalized spacial score (nSPS) is 16.8. The number of halogens is 1. The molecule has 0 saturated heterocycles. The van der Waals surface area contributed by atoms with Crippen molar-refractivity contribution in [2.24, 2.45) is 0 Å². The lowest BCUT2D eigenvalue weighted by atomic mass is 10.1. The minimum absolute atomic E-state index is 0.0602. The Bertz CT molecular complexity index is 673. The van der Waals surface area contributed by atoms with E-state index in [0.717, 1.165) is 24.0 Å². The molecule has 1 heterocycles. The largest absolute Gasteiger partial charge is 0.618 e. The van der Waals surface area contributed by atoms with Gasteiger partial charge in [0.15, 0.2) is 6.20 Å². The molecule has 4 nitrogen and oxygen atoms in total. The Hall–Kier alpha value is -2.07. The molecule has 2 aromatic rings. The first-order valence-corrected chi connectivity index (χ1v) is 6.80. The fourth-order valence-electron chi connectivity index (χ4n) is 2.57. The maximum atomic E-state index is 12.1. The number of rotatable bonds is 2. The van der Waals surface area contributed by atoms with E-state index in [1.165, 1.54) is 12.3 Å². The van der Waals surface area contributed by atoms with Crippen LogP contribution < -0.4 is 10.0 Å². The molecule has 102 valence electrons. The van der Waals surface area contributed by atoms with Crippen LogP contribution in [0.5, 0.6) is 0 Å². The van der Waals surface area contributed by atoms with Gasteiger partial charge >= 0.3 is 5.91 Å². The fraction of sp³-hybridized carbons (Fsp3) is 0.200. The summed E-state index contributed by atoms with van der Waals surface area (Å²) in [5, 5.41) is 15.2. The predicted molar refractivity (Wildman–Crippen MR) is 75.4 cm³/mol. The van der Waals surface area contributed by atoms with Gasteiger partial charge in [-0.3, -0.25) is 4.79 Å². The zero-order valence-electron chi connectivity index (χ0n) is 10.7. The molecule has 1 amide bonds. The number of hydrogen-bond acceptors (Lipinski definition) is 2. The molecule has 3 rings (SSSR count). The number of benzene rings is 1. The van der Waals surface area contributed by atoms with E-state index >= 15 is 0 Å². The molecule has 1 aliphatic rings. The van der Waals surface area contributed by atoms with Crippen LogP contribution in [-0.2, 0) is 6.42 Å². The van der Waals surface area contributed by atoms with Crippen molar-refractivity contribution in [3.63, 3.8) is 0 Å². The number of pyridine rings is 1. The molecule has 0 fully saturated rings. The topological polar surface area (TPSA) is 56.0 Å². The zero-order chi connectivity index (χ0) is 14.1. The number of carbonyl (C=O) groups excluding carboxylic acids is 1. The number of hydrogen-bond donors (Lipinski definition) is 1. The lowest BCUT2D eigenvalue weighted by Gasteiger charge is -2.13. The average molecular weight is 289 g/mol. The second-order valence-corrected chi connectivity index (χ2v) is 5.26. The Balaban J connectivity index is 1.81. The fourth-order valence-corrected chi connectivity index (χ4v) is 2.77. The Kier molecular flexibility index (Phi) is 3.32. The highest BCUT2D eigenvalue weighted by Crippen LogP contribution is 2.32. The first-order valence-electron chi connectivity index (χ1n) is 6.42. The molecule has 1 aromatic carbocycles. The van der Waals surface area contributed by atoms with Crippen molar-refractivity contribution in [1.82, 2.24) is 5.32 Å². The quantitative estimate of drug-likeness (QED) is 0.681. The second-order valence-electron chi connectivity index (χ2n) is 4.82. The van der Waals surface area contributed by atoms with Gasteiger partial charge in [0.05, 0.1) is 6.04 Å². The lowest BCUT2D eigenvalue weighted by Crippen LogP contribution is -2.39. The summed E-state index contributed by atoms with van der Waals surface area (Å²) in [6.45, 7) is 0. The number of aromatic nitrogens is 1. The Morgan fingerprint density at radius 2 is 2.20 bits per heavy atom. The van der Waals surface area contributed by atoms with Gasteiger partial charge in [-0.2, -0.15) is 4.73 Å². The Morgan fingerprint density at radius 1 is 1.35 bits per heavy atom. The number of aryl methyl sites for hydroxylation is 1. The summed E-state index contributed by atoms with van der Waals surface area (Å²) >= 11 is 5.96. The summed E-state index contributed by atoms with van der Waals surface area (Å²) in [7, 11) is 0. The van der Waals surface area contributed by atoms with Gasteiger partial charge in [0.1, 0.15) is 0 Å². The van der Waals surface area contributed by atoms with Crippen LogP contribution in [0, 0.1) is 5.21 Å². The van der Waals surface area contributed by atoms with Gasteiger partial charge in [0.25, 0.3) is 5.69 Å². The molecule has 0 unspecified atom stereocenters. The first-order chi connectivity index (χ1) is 9.65. The molecule has 0 aliphatic heterocycles. The standard InChI is InChI=1S/C15H13ClN2O2/c16-11-5-6-12-10(9-11)4-7-13(12)17-15(19)14-3-1-2-8-18(14)20/h1-3,5-6,8-9,13H,4,7H2,(H,17,19)/t13-/m0/s1. The summed E-state index contributed by atoms with van der Waals surface area (Å²) in [4.78, 5) is 12.1. The highest BCUT2D eigenvalue weighted by molar-refractivity contribution is 6.30. The van der Waals surface area contributed by atoms with Crippen LogP contribution in [0.4, 0.5) is 0 Å². The third-order valence-electron chi connectivity index (χ3n) is 3.54. The third-order valence-corrected chi connectivity index (χ3v) is 3.78. The molecule has 5 heteroatoms. The summed E-state index contributed by atoms with van der Waals surface area (Å²) in [6, 6.07) is 10.4. The third kappa shape index (κ3) is 2.34. The van der Waals surface area contributed by atoms with E-state index in [-0.39, 0.29) is 17.6 Å². The zero-order valence-corrected chi connectivity index (χ0v) is 11.4. The second kappa shape index (κ2) is 5.13. The highest BCUT2D eigenvalue weighted by atomic mass is 35.5. The molecule has 0 radical (unpaired) electrons. The number of fused-ring (bicyclic) bond motifs is 1.